The smallest absolute Gasteiger partial charge is 0.225 e. The van der Waals surface area contributed by atoms with E-state index in [1.807, 2.05) is 11.8 Å². The highest BCUT2D eigenvalue weighted by molar-refractivity contribution is 6.37. The highest BCUT2D eigenvalue weighted by Gasteiger charge is 2.29. The van der Waals surface area contributed by atoms with Gasteiger partial charge in [-0.3, -0.25) is 9.69 Å². The van der Waals surface area contributed by atoms with Crippen LogP contribution >= 0.6 is 23.2 Å². The minimum absolute atomic E-state index is 0.102. The third-order valence-corrected chi connectivity index (χ3v) is 6.33. The van der Waals surface area contributed by atoms with E-state index in [0.717, 1.165) is 37.8 Å². The Labute approximate surface area is 166 Å². The summed E-state index contributed by atoms with van der Waals surface area (Å²) >= 11 is 12.0. The number of carbonyl (C=O) groups excluding carboxylic acids is 1. The summed E-state index contributed by atoms with van der Waals surface area (Å²) in [6.07, 6.45) is 7.26. The van der Waals surface area contributed by atoms with Crippen molar-refractivity contribution in [3.05, 3.63) is 27.7 Å². The lowest BCUT2D eigenvalue weighted by molar-refractivity contribution is -0.137. The summed E-state index contributed by atoms with van der Waals surface area (Å²) in [5.74, 6) is -0.0450. The molecule has 4 nitrogen and oxygen atoms in total. The molecular weight excluding hydrogens is 371 g/mol. The summed E-state index contributed by atoms with van der Waals surface area (Å²) in [6.45, 7) is 5.55. The summed E-state index contributed by atoms with van der Waals surface area (Å²) < 4.78 is 0. The fraction of sp³-hybridized carbons (Fsp3) is 0.650. The molecule has 1 atom stereocenters. The van der Waals surface area contributed by atoms with E-state index in [4.69, 9.17) is 23.2 Å². The Balaban J connectivity index is 1.53. The Morgan fingerprint density at radius 1 is 1.12 bits per heavy atom. The second-order valence-electron chi connectivity index (χ2n) is 7.67. The topological polar surface area (TPSA) is 43.8 Å². The highest BCUT2D eigenvalue weighted by Crippen LogP contribution is 2.33. The van der Waals surface area contributed by atoms with Crippen molar-refractivity contribution in [2.24, 2.45) is 5.92 Å². The number of nitrogens with zero attached hydrogens (tertiary/aromatic N) is 2. The SMILES string of the molecule is C[C@H](Cc1cc(Cl)c(O)c(Cl)c1)C(=O)N1CCN(C2CCCCC2)CC1. The van der Waals surface area contributed by atoms with Crippen LogP contribution < -0.4 is 0 Å². The van der Waals surface area contributed by atoms with E-state index in [9.17, 15) is 9.90 Å². The van der Waals surface area contributed by atoms with Crippen molar-refractivity contribution in [2.45, 2.75) is 51.5 Å². The number of aromatic hydroxyl groups is 1. The van der Waals surface area contributed by atoms with E-state index in [-0.39, 0.29) is 27.6 Å². The molecule has 1 saturated heterocycles. The van der Waals surface area contributed by atoms with Crippen LogP contribution in [-0.2, 0) is 11.2 Å². The lowest BCUT2D eigenvalue weighted by atomic mass is 9.93. The predicted octanol–water partition coefficient (Wildman–Crippen LogP) is 4.35. The van der Waals surface area contributed by atoms with Crippen molar-refractivity contribution in [2.75, 3.05) is 26.2 Å². The maximum Gasteiger partial charge on any atom is 0.225 e. The van der Waals surface area contributed by atoms with Gasteiger partial charge >= 0.3 is 0 Å². The van der Waals surface area contributed by atoms with Gasteiger partial charge in [0, 0.05) is 38.1 Å². The van der Waals surface area contributed by atoms with Crippen LogP contribution in [0, 0.1) is 5.92 Å². The van der Waals surface area contributed by atoms with Gasteiger partial charge in [0.15, 0.2) is 5.75 Å². The number of hydrogen-bond acceptors (Lipinski definition) is 3. The molecule has 0 bridgehead atoms. The number of phenolic OH excluding ortho intramolecular Hbond substituents is 1. The van der Waals surface area contributed by atoms with E-state index >= 15 is 0 Å². The summed E-state index contributed by atoms with van der Waals surface area (Å²) in [7, 11) is 0. The lowest BCUT2D eigenvalue weighted by Crippen LogP contribution is -2.53. The monoisotopic (exact) mass is 398 g/mol. The highest BCUT2D eigenvalue weighted by atomic mass is 35.5. The number of benzene rings is 1. The molecule has 1 aromatic rings. The van der Waals surface area contributed by atoms with Gasteiger partial charge in [-0.25, -0.2) is 0 Å². The van der Waals surface area contributed by atoms with Crippen LogP contribution in [-0.4, -0.2) is 53.0 Å². The molecule has 3 rings (SSSR count). The van der Waals surface area contributed by atoms with Crippen LogP contribution in [0.25, 0.3) is 0 Å². The summed E-state index contributed by atoms with van der Waals surface area (Å²) in [5, 5.41) is 10.1. The standard InChI is InChI=1S/C20H28Cl2N2O2/c1-14(11-15-12-17(21)19(25)18(22)13-15)20(26)24-9-7-23(8-10-24)16-5-3-2-4-6-16/h12-14,16,25H,2-11H2,1H3/t14-/m1/s1. The van der Waals surface area contributed by atoms with Gasteiger partial charge in [0.2, 0.25) is 5.91 Å². The van der Waals surface area contributed by atoms with Crippen LogP contribution in [0.1, 0.15) is 44.6 Å². The van der Waals surface area contributed by atoms with Gasteiger partial charge in [-0.1, -0.05) is 49.4 Å². The third-order valence-electron chi connectivity index (χ3n) is 5.76. The fourth-order valence-electron chi connectivity index (χ4n) is 4.24. The van der Waals surface area contributed by atoms with Crippen molar-refractivity contribution in [1.29, 1.82) is 0 Å². The van der Waals surface area contributed by atoms with E-state index in [0.29, 0.717) is 6.42 Å². The molecule has 1 aromatic carbocycles. The second kappa shape index (κ2) is 8.81. The van der Waals surface area contributed by atoms with E-state index in [1.165, 1.54) is 32.1 Å². The summed E-state index contributed by atoms with van der Waals surface area (Å²) in [5.41, 5.74) is 0.875. The molecule has 2 aliphatic rings. The van der Waals surface area contributed by atoms with Gasteiger partial charge in [0.25, 0.3) is 0 Å². The number of rotatable bonds is 4. The molecule has 1 aliphatic heterocycles. The zero-order chi connectivity index (χ0) is 18.7. The Bertz CT molecular complexity index is 616. The molecule has 26 heavy (non-hydrogen) atoms. The van der Waals surface area contributed by atoms with Gasteiger partial charge < -0.3 is 10.0 Å². The summed E-state index contributed by atoms with van der Waals surface area (Å²) in [4.78, 5) is 17.4. The number of hydrogen-bond donors (Lipinski definition) is 1. The average Bonchev–Trinajstić information content (AvgIpc) is 2.66. The molecule has 1 heterocycles. The molecule has 1 saturated carbocycles. The van der Waals surface area contributed by atoms with Crippen LogP contribution in [0.15, 0.2) is 12.1 Å². The van der Waals surface area contributed by atoms with Crippen molar-refractivity contribution in [1.82, 2.24) is 9.80 Å². The molecule has 0 aromatic heterocycles. The summed E-state index contributed by atoms with van der Waals surface area (Å²) in [6, 6.07) is 4.10. The van der Waals surface area contributed by atoms with E-state index < -0.39 is 0 Å². The normalized spacial score (nSPS) is 21.0. The Morgan fingerprint density at radius 3 is 2.27 bits per heavy atom. The predicted molar refractivity (Wildman–Crippen MR) is 106 cm³/mol. The number of phenols is 1. The van der Waals surface area contributed by atoms with Gasteiger partial charge in [-0.15, -0.1) is 0 Å². The average molecular weight is 399 g/mol. The molecular formula is C20H28Cl2N2O2. The van der Waals surface area contributed by atoms with Crippen molar-refractivity contribution in [3.63, 3.8) is 0 Å². The molecule has 0 spiro atoms. The minimum atomic E-state index is -0.132. The molecule has 0 unspecified atom stereocenters. The van der Waals surface area contributed by atoms with Crippen molar-refractivity contribution in [3.8, 4) is 5.75 Å². The Morgan fingerprint density at radius 2 is 1.69 bits per heavy atom. The Kier molecular flexibility index (Phi) is 6.70. The quantitative estimate of drug-likeness (QED) is 0.819. The third kappa shape index (κ3) is 4.65. The first kappa shape index (κ1) is 19.8. The van der Waals surface area contributed by atoms with Crippen molar-refractivity contribution >= 4 is 29.1 Å². The largest absolute Gasteiger partial charge is 0.505 e. The molecule has 2 fully saturated rings. The number of amides is 1. The van der Waals surface area contributed by atoms with Crippen molar-refractivity contribution < 1.29 is 9.90 Å². The minimum Gasteiger partial charge on any atom is -0.505 e. The molecule has 1 N–H and O–H groups in total. The first-order valence-electron chi connectivity index (χ1n) is 9.65. The molecule has 1 aliphatic carbocycles. The van der Waals surface area contributed by atoms with Gasteiger partial charge in [-0.2, -0.15) is 0 Å². The zero-order valence-electron chi connectivity index (χ0n) is 15.4. The fourth-order valence-corrected chi connectivity index (χ4v) is 4.77. The van der Waals surface area contributed by atoms with Crippen LogP contribution in [0.4, 0.5) is 0 Å². The Hall–Kier alpha value is -0.970. The van der Waals surface area contributed by atoms with Crippen LogP contribution in [0.2, 0.25) is 10.0 Å². The van der Waals surface area contributed by atoms with Gasteiger partial charge in [-0.05, 0) is 37.0 Å². The van der Waals surface area contributed by atoms with Gasteiger partial charge in [0.05, 0.1) is 10.0 Å². The second-order valence-corrected chi connectivity index (χ2v) is 8.48. The van der Waals surface area contributed by atoms with E-state index in [2.05, 4.69) is 4.90 Å². The molecule has 6 heteroatoms. The zero-order valence-corrected chi connectivity index (χ0v) is 16.9. The first-order chi connectivity index (χ1) is 12.5. The maximum atomic E-state index is 12.8. The molecule has 0 radical (unpaired) electrons. The molecule has 144 valence electrons. The number of halogens is 2. The maximum absolute atomic E-state index is 12.8. The van der Waals surface area contributed by atoms with Crippen LogP contribution in [0.5, 0.6) is 5.75 Å². The lowest BCUT2D eigenvalue weighted by Gasteiger charge is -2.41. The number of piperazine rings is 1. The molecule has 1 amide bonds. The van der Waals surface area contributed by atoms with Crippen LogP contribution in [0.3, 0.4) is 0 Å². The number of carbonyl (C=O) groups is 1. The first-order valence-corrected chi connectivity index (χ1v) is 10.4. The van der Waals surface area contributed by atoms with Gasteiger partial charge in [0.1, 0.15) is 0 Å². The van der Waals surface area contributed by atoms with E-state index in [1.54, 1.807) is 12.1 Å².